The number of H-pyrrole nitrogens is 1. The molecular formula is C11H15NO5S. The summed E-state index contributed by atoms with van der Waals surface area (Å²) in [7, 11) is 1.25. The lowest BCUT2D eigenvalue weighted by Gasteiger charge is -2.15. The normalized spacial score (nSPS) is 14.0. The number of hydrogen-bond acceptors (Lipinski definition) is 6. The minimum absolute atomic E-state index is 0.0864. The van der Waals surface area contributed by atoms with Crippen LogP contribution in [0.1, 0.15) is 29.2 Å². The SMILES string of the molecule is COC(=O)c1ccc(C(O)C(O)CSC(C)=O)[nH]1. The molecule has 6 nitrogen and oxygen atoms in total. The molecule has 0 aliphatic carbocycles. The van der Waals surface area contributed by atoms with E-state index in [0.717, 1.165) is 11.8 Å². The van der Waals surface area contributed by atoms with Crippen molar-refractivity contribution in [3.63, 3.8) is 0 Å². The van der Waals surface area contributed by atoms with Crippen LogP contribution in [0.5, 0.6) is 0 Å². The maximum atomic E-state index is 11.2. The van der Waals surface area contributed by atoms with Crippen molar-refractivity contribution in [2.45, 2.75) is 19.1 Å². The van der Waals surface area contributed by atoms with Crippen molar-refractivity contribution in [3.8, 4) is 0 Å². The van der Waals surface area contributed by atoms with Gasteiger partial charge in [-0.1, -0.05) is 11.8 Å². The van der Waals surface area contributed by atoms with Crippen LogP contribution in [-0.2, 0) is 9.53 Å². The molecule has 1 aromatic heterocycles. The highest BCUT2D eigenvalue weighted by atomic mass is 32.2. The van der Waals surface area contributed by atoms with E-state index in [2.05, 4.69) is 9.72 Å². The molecule has 7 heteroatoms. The number of methoxy groups -OCH3 is 1. The van der Waals surface area contributed by atoms with E-state index in [9.17, 15) is 19.8 Å². The fraction of sp³-hybridized carbons (Fsp3) is 0.455. The zero-order valence-corrected chi connectivity index (χ0v) is 10.9. The summed E-state index contributed by atoms with van der Waals surface area (Å²) in [6, 6.07) is 2.94. The molecule has 0 radical (unpaired) electrons. The molecular weight excluding hydrogens is 258 g/mol. The Bertz CT molecular complexity index is 431. The number of aromatic amines is 1. The van der Waals surface area contributed by atoms with Gasteiger partial charge in [0.2, 0.25) is 0 Å². The first kappa shape index (κ1) is 14.7. The van der Waals surface area contributed by atoms with E-state index in [-0.39, 0.29) is 16.6 Å². The lowest BCUT2D eigenvalue weighted by atomic mass is 10.2. The maximum absolute atomic E-state index is 11.2. The molecule has 0 spiro atoms. The Kier molecular flexibility index (Phi) is 5.39. The molecule has 0 amide bonds. The first-order valence-electron chi connectivity index (χ1n) is 5.22. The third-order valence-electron chi connectivity index (χ3n) is 2.25. The lowest BCUT2D eigenvalue weighted by Crippen LogP contribution is -2.21. The van der Waals surface area contributed by atoms with E-state index in [1.165, 1.54) is 26.2 Å². The van der Waals surface area contributed by atoms with Gasteiger partial charge in [0.25, 0.3) is 0 Å². The summed E-state index contributed by atoms with van der Waals surface area (Å²) in [5, 5.41) is 19.3. The number of rotatable bonds is 5. The molecule has 1 aromatic rings. The van der Waals surface area contributed by atoms with Gasteiger partial charge in [-0.2, -0.15) is 0 Å². The summed E-state index contributed by atoms with van der Waals surface area (Å²) in [5.74, 6) is -0.468. The summed E-state index contributed by atoms with van der Waals surface area (Å²) >= 11 is 0.926. The summed E-state index contributed by atoms with van der Waals surface area (Å²) < 4.78 is 4.51. The number of carbonyl (C=O) groups is 2. The predicted molar refractivity (Wildman–Crippen MR) is 66.2 cm³/mol. The third kappa shape index (κ3) is 3.86. The van der Waals surface area contributed by atoms with Crippen LogP contribution in [0.4, 0.5) is 0 Å². The van der Waals surface area contributed by atoms with Gasteiger partial charge in [0.15, 0.2) is 5.12 Å². The average Bonchev–Trinajstić information content (AvgIpc) is 2.83. The van der Waals surface area contributed by atoms with Gasteiger partial charge in [-0.25, -0.2) is 4.79 Å². The Hall–Kier alpha value is -1.31. The fourth-order valence-corrected chi connectivity index (χ4v) is 1.90. The Morgan fingerprint density at radius 1 is 1.44 bits per heavy atom. The number of nitrogens with one attached hydrogen (secondary N) is 1. The monoisotopic (exact) mass is 273 g/mol. The fourth-order valence-electron chi connectivity index (χ4n) is 1.31. The van der Waals surface area contributed by atoms with Gasteiger partial charge in [-0.15, -0.1) is 0 Å². The largest absolute Gasteiger partial charge is 0.464 e. The van der Waals surface area contributed by atoms with Crippen LogP contribution in [0.3, 0.4) is 0 Å². The first-order chi connectivity index (χ1) is 8.45. The Balaban J connectivity index is 2.65. The second-order valence-corrected chi connectivity index (χ2v) is 4.83. The molecule has 2 atom stereocenters. The molecule has 0 aliphatic rings. The predicted octanol–water partition coefficient (Wildman–Crippen LogP) is 0.475. The topological polar surface area (TPSA) is 99.6 Å². The minimum atomic E-state index is -1.18. The van der Waals surface area contributed by atoms with Crippen molar-refractivity contribution in [2.75, 3.05) is 12.9 Å². The highest BCUT2D eigenvalue weighted by molar-refractivity contribution is 8.13. The molecule has 0 saturated carbocycles. The lowest BCUT2D eigenvalue weighted by molar-refractivity contribution is -0.109. The number of carbonyl (C=O) groups excluding carboxylic acids is 2. The maximum Gasteiger partial charge on any atom is 0.354 e. The van der Waals surface area contributed by atoms with E-state index in [1.807, 2.05) is 0 Å². The number of ether oxygens (including phenoxy) is 1. The van der Waals surface area contributed by atoms with Crippen molar-refractivity contribution in [1.82, 2.24) is 4.98 Å². The van der Waals surface area contributed by atoms with E-state index in [0.29, 0.717) is 5.69 Å². The summed E-state index contributed by atoms with van der Waals surface area (Å²) in [5.41, 5.74) is 0.491. The third-order valence-corrected chi connectivity index (χ3v) is 3.17. The van der Waals surface area contributed by atoms with Gasteiger partial charge in [0.1, 0.15) is 11.8 Å². The summed E-state index contributed by atoms with van der Waals surface area (Å²) in [6.45, 7) is 1.38. The van der Waals surface area contributed by atoms with Gasteiger partial charge in [-0.05, 0) is 12.1 Å². The van der Waals surface area contributed by atoms with E-state index in [1.54, 1.807) is 0 Å². The number of aliphatic hydroxyl groups excluding tert-OH is 2. The molecule has 0 aromatic carbocycles. The molecule has 1 rings (SSSR count). The highest BCUT2D eigenvalue weighted by Gasteiger charge is 2.21. The summed E-state index contributed by atoms with van der Waals surface area (Å²) in [4.78, 5) is 24.6. The molecule has 0 aliphatic heterocycles. The van der Waals surface area contributed by atoms with E-state index < -0.39 is 18.2 Å². The van der Waals surface area contributed by atoms with Gasteiger partial charge < -0.3 is 19.9 Å². The van der Waals surface area contributed by atoms with Crippen molar-refractivity contribution in [2.24, 2.45) is 0 Å². The molecule has 100 valence electrons. The second kappa shape index (κ2) is 6.58. The molecule has 0 saturated heterocycles. The van der Waals surface area contributed by atoms with Crippen molar-refractivity contribution < 1.29 is 24.5 Å². The van der Waals surface area contributed by atoms with Crippen LogP contribution in [0.25, 0.3) is 0 Å². The zero-order chi connectivity index (χ0) is 13.7. The van der Waals surface area contributed by atoms with Crippen LogP contribution < -0.4 is 0 Å². The molecule has 0 fully saturated rings. The van der Waals surface area contributed by atoms with Crippen molar-refractivity contribution in [1.29, 1.82) is 0 Å². The van der Waals surface area contributed by atoms with Crippen LogP contribution in [0.15, 0.2) is 12.1 Å². The van der Waals surface area contributed by atoms with E-state index >= 15 is 0 Å². The van der Waals surface area contributed by atoms with Crippen molar-refractivity contribution >= 4 is 22.8 Å². The minimum Gasteiger partial charge on any atom is -0.464 e. The Morgan fingerprint density at radius 2 is 2.11 bits per heavy atom. The van der Waals surface area contributed by atoms with Crippen LogP contribution >= 0.6 is 11.8 Å². The van der Waals surface area contributed by atoms with Crippen LogP contribution in [0.2, 0.25) is 0 Å². The number of aliphatic hydroxyl groups is 2. The van der Waals surface area contributed by atoms with Gasteiger partial charge in [0, 0.05) is 18.4 Å². The molecule has 18 heavy (non-hydrogen) atoms. The van der Waals surface area contributed by atoms with Gasteiger partial charge in [-0.3, -0.25) is 4.79 Å². The average molecular weight is 273 g/mol. The molecule has 0 bridgehead atoms. The van der Waals surface area contributed by atoms with Crippen LogP contribution in [0, 0.1) is 0 Å². The standard InChI is InChI=1S/C11H15NO5S/c1-6(13)18-5-9(14)10(15)7-3-4-8(12-7)11(16)17-2/h3-4,9-10,12,14-15H,5H2,1-2H3. The smallest absolute Gasteiger partial charge is 0.354 e. The number of esters is 1. The zero-order valence-electron chi connectivity index (χ0n) is 10.0. The molecule has 2 unspecified atom stereocenters. The highest BCUT2D eigenvalue weighted by Crippen LogP contribution is 2.19. The first-order valence-corrected chi connectivity index (χ1v) is 6.21. The van der Waals surface area contributed by atoms with Crippen LogP contribution in [-0.4, -0.2) is 45.2 Å². The van der Waals surface area contributed by atoms with E-state index in [4.69, 9.17) is 0 Å². The number of aromatic nitrogens is 1. The quantitative estimate of drug-likeness (QED) is 0.675. The van der Waals surface area contributed by atoms with Crippen molar-refractivity contribution in [3.05, 3.63) is 23.5 Å². The van der Waals surface area contributed by atoms with Gasteiger partial charge >= 0.3 is 5.97 Å². The Labute approximate surface area is 108 Å². The molecule has 3 N–H and O–H groups in total. The van der Waals surface area contributed by atoms with Gasteiger partial charge in [0.05, 0.1) is 13.2 Å². The Morgan fingerprint density at radius 3 is 2.67 bits per heavy atom. The molecule has 1 heterocycles. The number of hydrogen-bond donors (Lipinski definition) is 3. The number of thioether (sulfide) groups is 1. The summed E-state index contributed by atoms with van der Waals surface area (Å²) in [6.07, 6.45) is -2.28. The second-order valence-electron chi connectivity index (χ2n) is 3.63.